The van der Waals surface area contributed by atoms with Gasteiger partial charge in [0.2, 0.25) is 5.89 Å². The van der Waals surface area contributed by atoms with Crippen LogP contribution in [0, 0.1) is 0 Å². The smallest absolute Gasteiger partial charge is 0.416 e. The average molecular weight is 795 g/mol. The van der Waals surface area contributed by atoms with Gasteiger partial charge in [0, 0.05) is 23.2 Å². The molecule has 2 heterocycles. The maximum atomic E-state index is 12.6. The topological polar surface area (TPSA) is 210 Å². The lowest BCUT2D eigenvalue weighted by atomic mass is 10.1. The van der Waals surface area contributed by atoms with E-state index in [2.05, 4.69) is 47.5 Å². The number of alkyl halides is 6. The van der Waals surface area contributed by atoms with E-state index >= 15 is 0 Å². The van der Waals surface area contributed by atoms with Crippen molar-refractivity contribution < 1.29 is 59.9 Å². The van der Waals surface area contributed by atoms with Gasteiger partial charge in [0.05, 0.1) is 40.7 Å². The number of carbonyl (C=O) groups is 2. The number of carbonyl (C=O) groups excluding carboxylic acids is 2. The molecule has 22 heteroatoms. The van der Waals surface area contributed by atoms with Crippen LogP contribution in [0.25, 0.3) is 22.9 Å². The molecule has 0 spiro atoms. The molecule has 0 fully saturated rings. The number of nitrogens with one attached hydrogen (secondary N) is 4. The highest BCUT2D eigenvalue weighted by atomic mass is 35.5. The molecule has 0 saturated carbocycles. The lowest BCUT2D eigenvalue weighted by Crippen LogP contribution is -2.18. The second kappa shape index (κ2) is 18.5. The molecule has 0 aliphatic carbocycles. The van der Waals surface area contributed by atoms with E-state index in [0.717, 1.165) is 24.3 Å². The van der Waals surface area contributed by atoms with Crippen molar-refractivity contribution in [2.45, 2.75) is 12.4 Å². The Hall–Kier alpha value is -6.55. The fourth-order valence-corrected chi connectivity index (χ4v) is 4.33. The molecular formula is C33H25ClF6N8O7. The third kappa shape index (κ3) is 11.2. The van der Waals surface area contributed by atoms with Crippen LogP contribution in [0.2, 0.25) is 0 Å². The first-order valence-electron chi connectivity index (χ1n) is 14.9. The molecule has 55 heavy (non-hydrogen) atoms. The van der Waals surface area contributed by atoms with E-state index in [4.69, 9.17) is 19.2 Å². The summed E-state index contributed by atoms with van der Waals surface area (Å²) in [6, 6.07) is 22.6. The molecule has 4 aromatic carbocycles. The first-order chi connectivity index (χ1) is 26.2. The van der Waals surface area contributed by atoms with E-state index in [1.165, 1.54) is 41.9 Å². The van der Waals surface area contributed by atoms with Gasteiger partial charge in [-0.3, -0.25) is 10.0 Å². The quantitative estimate of drug-likeness (QED) is 0.0283. The molecule has 6 rings (SSSR count). The number of halogens is 7. The van der Waals surface area contributed by atoms with Gasteiger partial charge in [0.25, 0.3) is 5.89 Å². The van der Waals surface area contributed by atoms with Gasteiger partial charge in [-0.1, -0.05) is 24.3 Å². The Bertz CT molecular complexity index is 2030. The number of ether oxygens (including phenoxy) is 1. The molecule has 0 bridgehead atoms. The largest absolute Gasteiger partial charge is 0.462 e. The Morgan fingerprint density at radius 2 is 1.02 bits per heavy atom. The van der Waals surface area contributed by atoms with Crippen molar-refractivity contribution in [2.75, 3.05) is 17.7 Å². The Kier molecular flexibility index (Phi) is 13.8. The first-order valence-corrected chi connectivity index (χ1v) is 15.3. The molecule has 6 N–H and O–H groups in total. The Morgan fingerprint density at radius 3 is 1.40 bits per heavy atom. The number of nitrogens with zero attached hydrogens (tertiary/aromatic N) is 4. The monoisotopic (exact) mass is 794 g/mol. The van der Waals surface area contributed by atoms with Gasteiger partial charge < -0.3 is 29.4 Å². The first kappa shape index (κ1) is 41.2. The van der Waals surface area contributed by atoms with Gasteiger partial charge in [0.15, 0.2) is 0 Å². The number of anilines is 4. The van der Waals surface area contributed by atoms with Gasteiger partial charge in [-0.05, 0) is 72.8 Å². The van der Waals surface area contributed by atoms with Crippen LogP contribution in [0.5, 0.6) is 0 Å². The SMILES string of the molecule is COC(=O)c1nnc(-c2ccccc2Nc2ccc(C(F)(F)F)cc2)o1.O=C(NO)c1nnc(-c2ccccc2Nc2ccc(C(F)(F)F)cc2)o1.ONCl. The number of aromatic nitrogens is 4. The van der Waals surface area contributed by atoms with Gasteiger partial charge >= 0.3 is 36.0 Å². The zero-order valence-electron chi connectivity index (χ0n) is 27.6. The van der Waals surface area contributed by atoms with Crippen LogP contribution in [0.1, 0.15) is 32.5 Å². The molecule has 0 radical (unpaired) electrons. The van der Waals surface area contributed by atoms with Crippen LogP contribution in [0.4, 0.5) is 49.1 Å². The number of amides is 1. The summed E-state index contributed by atoms with van der Waals surface area (Å²) in [4.78, 5) is 23.9. The normalized spacial score (nSPS) is 10.9. The second-order valence-corrected chi connectivity index (χ2v) is 10.5. The van der Waals surface area contributed by atoms with E-state index in [9.17, 15) is 35.9 Å². The highest BCUT2D eigenvalue weighted by Crippen LogP contribution is 2.34. The van der Waals surface area contributed by atoms with Crippen LogP contribution in [0.3, 0.4) is 0 Å². The molecule has 0 aliphatic heterocycles. The zero-order chi connectivity index (χ0) is 40.2. The van der Waals surface area contributed by atoms with Crippen molar-refractivity contribution in [1.82, 2.24) is 30.9 Å². The predicted molar refractivity (Wildman–Crippen MR) is 180 cm³/mol. The summed E-state index contributed by atoms with van der Waals surface area (Å²) < 4.78 is 90.8. The molecule has 15 nitrogen and oxygen atoms in total. The van der Waals surface area contributed by atoms with E-state index in [0.29, 0.717) is 33.9 Å². The second-order valence-electron chi connectivity index (χ2n) is 10.3. The minimum absolute atomic E-state index is 0.00129. The highest BCUT2D eigenvalue weighted by molar-refractivity contribution is 6.12. The summed E-state index contributed by atoms with van der Waals surface area (Å²) in [5.41, 5.74) is 2.65. The molecule has 0 aliphatic rings. The third-order valence-corrected chi connectivity index (χ3v) is 6.80. The number of esters is 1. The molecule has 0 unspecified atom stereocenters. The van der Waals surface area contributed by atoms with Gasteiger partial charge in [0.1, 0.15) is 0 Å². The number of hydroxylamine groups is 1. The summed E-state index contributed by atoms with van der Waals surface area (Å²) in [5, 5.41) is 36.2. The van der Waals surface area contributed by atoms with E-state index in [1.54, 1.807) is 48.5 Å². The van der Waals surface area contributed by atoms with Crippen LogP contribution < -0.4 is 21.1 Å². The van der Waals surface area contributed by atoms with E-state index in [1.807, 2.05) is 0 Å². The third-order valence-electron chi connectivity index (χ3n) is 6.80. The number of rotatable bonds is 8. The van der Waals surface area contributed by atoms with Gasteiger partial charge in [-0.2, -0.15) is 26.3 Å². The fraction of sp³-hybridized carbons (Fsp3) is 0.0909. The molecular weight excluding hydrogens is 770 g/mol. The van der Waals surface area contributed by atoms with Crippen molar-refractivity contribution in [3.8, 4) is 22.9 Å². The van der Waals surface area contributed by atoms with E-state index in [-0.39, 0.29) is 17.7 Å². The van der Waals surface area contributed by atoms with Crippen LogP contribution in [0.15, 0.2) is 106 Å². The lowest BCUT2D eigenvalue weighted by Gasteiger charge is -2.11. The van der Waals surface area contributed by atoms with Crippen LogP contribution in [-0.4, -0.2) is 49.8 Å². The number of benzene rings is 4. The van der Waals surface area contributed by atoms with Crippen LogP contribution >= 0.6 is 11.8 Å². The molecule has 0 saturated heterocycles. The summed E-state index contributed by atoms with van der Waals surface area (Å²) in [5.74, 6) is -2.40. The fourth-order valence-electron chi connectivity index (χ4n) is 4.33. The van der Waals surface area contributed by atoms with Crippen molar-refractivity contribution in [3.05, 3.63) is 120 Å². The van der Waals surface area contributed by atoms with Crippen molar-refractivity contribution in [1.29, 1.82) is 0 Å². The van der Waals surface area contributed by atoms with Gasteiger partial charge in [-0.15, -0.1) is 25.4 Å². The van der Waals surface area contributed by atoms with E-state index < -0.39 is 41.2 Å². The molecule has 288 valence electrons. The van der Waals surface area contributed by atoms with Crippen LogP contribution in [-0.2, 0) is 17.1 Å². The highest BCUT2D eigenvalue weighted by Gasteiger charge is 2.31. The minimum Gasteiger partial charge on any atom is -0.462 e. The summed E-state index contributed by atoms with van der Waals surface area (Å²) in [6.07, 6.45) is -8.81. The number of para-hydroxylation sites is 2. The molecule has 6 aromatic rings. The van der Waals surface area contributed by atoms with Crippen molar-refractivity contribution in [2.24, 2.45) is 0 Å². The summed E-state index contributed by atoms with van der Waals surface area (Å²) >= 11 is 4.30. The average Bonchev–Trinajstić information content (AvgIpc) is 3.87. The zero-order valence-corrected chi connectivity index (χ0v) is 28.4. The van der Waals surface area contributed by atoms with Crippen molar-refractivity contribution >= 4 is 46.4 Å². The number of hydrogen-bond donors (Lipinski definition) is 6. The standard InChI is InChI=1S/C17H12F3N3O3.C16H11F3N4O3.ClH2NO/c1-25-16(24)15-23-22-14(26-15)12-4-2-3-5-13(12)21-11-8-6-10(7-9-11)17(18,19)20;17-16(18,19)9-5-7-10(8-6-9)20-12-4-2-1-3-11(12)14-21-22-15(26-14)13(24)23-25;1-2-3/h2-9,21H,1H3;1-8,20,25H,(H,23,24);2-3H. The number of methoxy groups -OCH3 is 1. The maximum Gasteiger partial charge on any atom is 0.416 e. The molecule has 0 atom stereocenters. The van der Waals surface area contributed by atoms with Gasteiger partial charge in [-0.25, -0.2) is 10.3 Å². The molecule has 1 amide bonds. The summed E-state index contributed by atoms with van der Waals surface area (Å²) in [7, 11) is 1.19. The maximum absolute atomic E-state index is 12.6. The molecule has 2 aromatic heterocycles. The Labute approximate surface area is 309 Å². The minimum atomic E-state index is -4.41. The lowest BCUT2D eigenvalue weighted by molar-refractivity contribution is -0.138. The Balaban J connectivity index is 0.000000228. The number of hydrogen-bond acceptors (Lipinski definition) is 14. The Morgan fingerprint density at radius 1 is 0.636 bits per heavy atom. The van der Waals surface area contributed by atoms with Crippen molar-refractivity contribution in [3.63, 3.8) is 0 Å². The summed E-state index contributed by atoms with van der Waals surface area (Å²) in [6.45, 7) is 0. The predicted octanol–water partition coefficient (Wildman–Crippen LogP) is 8.02.